The Labute approximate surface area is 161 Å². The summed E-state index contributed by atoms with van der Waals surface area (Å²) >= 11 is 7.36. The van der Waals surface area contributed by atoms with E-state index in [-0.39, 0.29) is 5.91 Å². The minimum Gasteiger partial charge on any atom is -0.341 e. The van der Waals surface area contributed by atoms with Crippen LogP contribution in [0.2, 0.25) is 5.02 Å². The molecule has 0 atom stereocenters. The maximum absolute atomic E-state index is 12.4. The van der Waals surface area contributed by atoms with E-state index < -0.39 is 0 Å². The number of halogens is 1. The van der Waals surface area contributed by atoms with Crippen molar-refractivity contribution in [1.29, 1.82) is 0 Å². The number of hydrogen-bond donors (Lipinski definition) is 0. The van der Waals surface area contributed by atoms with Crippen LogP contribution in [-0.2, 0) is 18.4 Å². The van der Waals surface area contributed by atoms with Crippen LogP contribution >= 0.6 is 23.4 Å². The molecule has 1 amide bonds. The molecular weight excluding hydrogens is 370 g/mol. The highest BCUT2D eigenvalue weighted by Gasteiger charge is 2.15. The van der Waals surface area contributed by atoms with Gasteiger partial charge in [-0.2, -0.15) is 0 Å². The van der Waals surface area contributed by atoms with Gasteiger partial charge in [-0.3, -0.25) is 9.78 Å². The number of carbonyl (C=O) groups excluding carboxylic acids is 1. The Morgan fingerprint density at radius 3 is 2.73 bits per heavy atom. The zero-order valence-electron chi connectivity index (χ0n) is 14.5. The molecule has 0 spiro atoms. The van der Waals surface area contributed by atoms with Gasteiger partial charge in [0.1, 0.15) is 0 Å². The van der Waals surface area contributed by atoms with Crippen molar-refractivity contribution in [2.75, 3.05) is 12.8 Å². The smallest absolute Gasteiger partial charge is 0.233 e. The molecule has 0 aliphatic carbocycles. The topological polar surface area (TPSA) is 63.9 Å². The molecule has 0 fully saturated rings. The summed E-state index contributed by atoms with van der Waals surface area (Å²) in [6, 6.07) is 11.3. The summed E-state index contributed by atoms with van der Waals surface area (Å²) in [5, 5.41) is 9.76. The number of hydrogen-bond acceptors (Lipinski definition) is 5. The summed E-state index contributed by atoms with van der Waals surface area (Å²) in [5.41, 5.74) is 1.93. The molecule has 1 aromatic carbocycles. The Morgan fingerprint density at radius 1 is 1.23 bits per heavy atom. The maximum atomic E-state index is 12.4. The van der Waals surface area contributed by atoms with Crippen molar-refractivity contribution < 1.29 is 4.79 Å². The molecular formula is C18H18ClN5OS. The molecule has 134 valence electrons. The fourth-order valence-corrected chi connectivity index (χ4v) is 3.49. The van der Waals surface area contributed by atoms with E-state index in [2.05, 4.69) is 15.2 Å². The van der Waals surface area contributed by atoms with E-state index in [4.69, 9.17) is 11.6 Å². The van der Waals surface area contributed by atoms with Gasteiger partial charge in [-0.25, -0.2) is 0 Å². The summed E-state index contributed by atoms with van der Waals surface area (Å²) in [6.45, 7) is 0.515. The number of thioether (sulfide) groups is 1. The second kappa shape index (κ2) is 8.33. The summed E-state index contributed by atoms with van der Waals surface area (Å²) in [7, 11) is 3.67. The van der Waals surface area contributed by atoms with E-state index in [0.29, 0.717) is 22.5 Å². The summed E-state index contributed by atoms with van der Waals surface area (Å²) in [5.74, 6) is 1.05. The van der Waals surface area contributed by atoms with E-state index in [1.54, 1.807) is 24.3 Å². The van der Waals surface area contributed by atoms with Crippen LogP contribution in [0.15, 0.2) is 53.9 Å². The predicted molar refractivity (Wildman–Crippen MR) is 103 cm³/mol. The van der Waals surface area contributed by atoms with Gasteiger partial charge in [0, 0.05) is 43.6 Å². The van der Waals surface area contributed by atoms with Gasteiger partial charge in [0.2, 0.25) is 5.91 Å². The van der Waals surface area contributed by atoms with Crippen LogP contribution < -0.4 is 0 Å². The van der Waals surface area contributed by atoms with Crippen LogP contribution in [-0.4, -0.2) is 43.4 Å². The number of pyridine rings is 1. The van der Waals surface area contributed by atoms with Gasteiger partial charge in [-0.15, -0.1) is 10.2 Å². The van der Waals surface area contributed by atoms with Gasteiger partial charge < -0.3 is 9.47 Å². The lowest BCUT2D eigenvalue weighted by molar-refractivity contribution is -0.127. The van der Waals surface area contributed by atoms with Gasteiger partial charge in [-0.05, 0) is 29.8 Å². The first-order valence-electron chi connectivity index (χ1n) is 7.95. The Balaban J connectivity index is 1.60. The van der Waals surface area contributed by atoms with Gasteiger partial charge >= 0.3 is 0 Å². The lowest BCUT2D eigenvalue weighted by Gasteiger charge is -2.17. The van der Waals surface area contributed by atoms with Crippen LogP contribution in [0.25, 0.3) is 11.4 Å². The monoisotopic (exact) mass is 387 g/mol. The Hall–Kier alpha value is -2.38. The molecule has 8 heteroatoms. The molecule has 0 saturated carbocycles. The van der Waals surface area contributed by atoms with Crippen molar-refractivity contribution in [2.45, 2.75) is 11.7 Å². The van der Waals surface area contributed by atoms with Gasteiger partial charge in [0.25, 0.3) is 0 Å². The quantitative estimate of drug-likeness (QED) is 0.607. The van der Waals surface area contributed by atoms with Gasteiger partial charge in [-0.1, -0.05) is 35.5 Å². The third-order valence-electron chi connectivity index (χ3n) is 3.83. The first-order chi connectivity index (χ1) is 12.5. The molecule has 0 aliphatic heterocycles. The standard InChI is InChI=1S/C18H18ClN5OS/c1-23(11-13-4-3-5-15(19)10-13)16(25)12-26-18-22-21-17(24(18)2)14-6-8-20-9-7-14/h3-10H,11-12H2,1-2H3. The van der Waals surface area contributed by atoms with Crippen LogP contribution in [0.4, 0.5) is 0 Å². The number of aromatic nitrogens is 4. The fraction of sp³-hybridized carbons (Fsp3) is 0.222. The minimum atomic E-state index is 0.0171. The second-order valence-corrected chi connectivity index (χ2v) is 7.15. The van der Waals surface area contributed by atoms with E-state index in [1.165, 1.54) is 11.8 Å². The van der Waals surface area contributed by atoms with Gasteiger partial charge in [0.15, 0.2) is 11.0 Å². The van der Waals surface area contributed by atoms with Crippen LogP contribution in [0, 0.1) is 0 Å². The average molecular weight is 388 g/mol. The largest absolute Gasteiger partial charge is 0.341 e. The highest BCUT2D eigenvalue weighted by Crippen LogP contribution is 2.22. The summed E-state index contributed by atoms with van der Waals surface area (Å²) in [6.07, 6.45) is 3.43. The SMILES string of the molecule is CN(Cc1cccc(Cl)c1)C(=O)CSc1nnc(-c2ccncc2)n1C. The van der Waals surface area contributed by atoms with E-state index >= 15 is 0 Å². The van der Waals surface area contributed by atoms with Crippen LogP contribution in [0.3, 0.4) is 0 Å². The molecule has 0 aliphatic rings. The molecule has 0 saturated heterocycles. The van der Waals surface area contributed by atoms with Crippen LogP contribution in [0.1, 0.15) is 5.56 Å². The fourth-order valence-electron chi connectivity index (χ4n) is 2.43. The third kappa shape index (κ3) is 4.42. The predicted octanol–water partition coefficient (Wildman–Crippen LogP) is 3.28. The van der Waals surface area contributed by atoms with E-state index in [0.717, 1.165) is 17.0 Å². The Bertz CT molecular complexity index is 900. The Morgan fingerprint density at radius 2 is 2.00 bits per heavy atom. The third-order valence-corrected chi connectivity index (χ3v) is 5.07. The molecule has 26 heavy (non-hydrogen) atoms. The molecule has 0 radical (unpaired) electrons. The highest BCUT2D eigenvalue weighted by atomic mass is 35.5. The average Bonchev–Trinajstić information content (AvgIpc) is 3.01. The lowest BCUT2D eigenvalue weighted by atomic mass is 10.2. The van der Waals surface area contributed by atoms with E-state index in [9.17, 15) is 4.79 Å². The molecule has 0 unspecified atom stereocenters. The van der Waals surface area contributed by atoms with Crippen molar-refractivity contribution in [1.82, 2.24) is 24.6 Å². The number of benzene rings is 1. The van der Waals surface area contributed by atoms with E-state index in [1.807, 2.05) is 48.0 Å². The zero-order valence-corrected chi connectivity index (χ0v) is 16.0. The van der Waals surface area contributed by atoms with Crippen molar-refractivity contribution in [2.24, 2.45) is 7.05 Å². The van der Waals surface area contributed by atoms with Gasteiger partial charge in [0.05, 0.1) is 5.75 Å². The number of amides is 1. The number of rotatable bonds is 6. The molecule has 0 bridgehead atoms. The molecule has 6 nitrogen and oxygen atoms in total. The first-order valence-corrected chi connectivity index (χ1v) is 9.32. The first kappa shape index (κ1) is 18.4. The summed E-state index contributed by atoms with van der Waals surface area (Å²) in [4.78, 5) is 18.1. The molecule has 3 aromatic rings. The number of nitrogens with zero attached hydrogens (tertiary/aromatic N) is 5. The minimum absolute atomic E-state index is 0.0171. The lowest BCUT2D eigenvalue weighted by Crippen LogP contribution is -2.27. The van der Waals surface area contributed by atoms with Crippen molar-refractivity contribution in [3.05, 3.63) is 59.4 Å². The molecule has 3 rings (SSSR count). The van der Waals surface area contributed by atoms with Crippen molar-refractivity contribution >= 4 is 29.3 Å². The molecule has 2 aromatic heterocycles. The zero-order chi connectivity index (χ0) is 18.5. The van der Waals surface area contributed by atoms with Crippen molar-refractivity contribution in [3.8, 4) is 11.4 Å². The summed E-state index contributed by atoms with van der Waals surface area (Å²) < 4.78 is 1.88. The van der Waals surface area contributed by atoms with Crippen molar-refractivity contribution in [3.63, 3.8) is 0 Å². The molecule has 0 N–H and O–H groups in total. The second-order valence-electron chi connectivity index (χ2n) is 5.77. The molecule has 2 heterocycles. The maximum Gasteiger partial charge on any atom is 0.233 e. The van der Waals surface area contributed by atoms with Crippen LogP contribution in [0.5, 0.6) is 0 Å². The highest BCUT2D eigenvalue weighted by molar-refractivity contribution is 7.99. The normalized spacial score (nSPS) is 10.7. The number of carbonyl (C=O) groups is 1. The Kier molecular flexibility index (Phi) is 5.90.